The van der Waals surface area contributed by atoms with Crippen molar-refractivity contribution in [3.63, 3.8) is 0 Å². The minimum Gasteiger partial charge on any atom is -0.0657 e. The third kappa shape index (κ3) is 2.64. The van der Waals surface area contributed by atoms with Crippen molar-refractivity contribution in [3.8, 4) is 11.1 Å². The first-order chi connectivity index (χ1) is 10.6. The Bertz CT molecular complexity index is 667. The molecule has 3 rings (SSSR count). The van der Waals surface area contributed by atoms with Crippen LogP contribution in [0.5, 0.6) is 0 Å². The molecule has 22 heavy (non-hydrogen) atoms. The van der Waals surface area contributed by atoms with E-state index < -0.39 is 0 Å². The molecule has 0 heterocycles. The molecule has 0 radical (unpaired) electrons. The van der Waals surface area contributed by atoms with Crippen molar-refractivity contribution in [1.82, 2.24) is 0 Å². The minimum absolute atomic E-state index is 0.230. The van der Waals surface area contributed by atoms with Crippen molar-refractivity contribution in [2.24, 2.45) is 0 Å². The quantitative estimate of drug-likeness (QED) is 0.287. The van der Waals surface area contributed by atoms with Crippen LogP contribution in [0.1, 0.15) is 58.2 Å². The Morgan fingerprint density at radius 3 is 2.14 bits per heavy atom. The summed E-state index contributed by atoms with van der Waals surface area (Å²) in [5, 5.41) is 0. The molecule has 0 N–H and O–H groups in total. The van der Waals surface area contributed by atoms with E-state index >= 15 is 0 Å². The first-order valence-electron chi connectivity index (χ1n) is 8.16. The number of hydrogen-bond donors (Lipinski definition) is 0. The summed E-state index contributed by atoms with van der Waals surface area (Å²) in [5.74, 6) is 0. The van der Waals surface area contributed by atoms with Crippen LogP contribution in [0.3, 0.4) is 0 Å². The molecule has 0 spiro atoms. The highest BCUT2D eigenvalue weighted by Gasteiger charge is 2.41. The van der Waals surface area contributed by atoms with Gasteiger partial charge >= 0.3 is 0 Å². The Labute approximate surface area is 161 Å². The van der Waals surface area contributed by atoms with Crippen LogP contribution in [-0.2, 0) is 5.41 Å². The number of rotatable bonds is 5. The SMILES string of the molecule is CCCC1(CCC)c2ccccc2-c2ccc(C(I)I)cc21. The van der Waals surface area contributed by atoms with Crippen molar-refractivity contribution < 1.29 is 0 Å². The Hall–Kier alpha value is -0.1000. The molecule has 0 nitrogen and oxygen atoms in total. The summed E-state index contributed by atoms with van der Waals surface area (Å²) >= 11 is 5.03. The van der Waals surface area contributed by atoms with E-state index in [9.17, 15) is 0 Å². The van der Waals surface area contributed by atoms with Crippen LogP contribution in [0.25, 0.3) is 11.1 Å². The van der Waals surface area contributed by atoms with Gasteiger partial charge in [-0.15, -0.1) is 0 Å². The summed E-state index contributed by atoms with van der Waals surface area (Å²) in [4.78, 5) is 0. The number of alkyl halides is 2. The van der Waals surface area contributed by atoms with E-state index in [0.29, 0.717) is 1.93 Å². The van der Waals surface area contributed by atoms with Gasteiger partial charge in [0.25, 0.3) is 0 Å². The predicted octanol–water partition coefficient (Wildman–Crippen LogP) is 7.42. The summed E-state index contributed by atoms with van der Waals surface area (Å²) < 4.78 is 0.533. The molecule has 0 aliphatic heterocycles. The number of benzene rings is 2. The maximum absolute atomic E-state index is 2.51. The lowest BCUT2D eigenvalue weighted by molar-refractivity contribution is 0.435. The van der Waals surface area contributed by atoms with Crippen molar-refractivity contribution in [1.29, 1.82) is 0 Å². The molecular weight excluding hydrogens is 494 g/mol. The van der Waals surface area contributed by atoms with Gasteiger partial charge in [0.15, 0.2) is 0 Å². The van der Waals surface area contributed by atoms with Crippen LogP contribution in [-0.4, -0.2) is 0 Å². The highest BCUT2D eigenvalue weighted by Crippen LogP contribution is 2.54. The van der Waals surface area contributed by atoms with Crippen LogP contribution in [0.15, 0.2) is 42.5 Å². The largest absolute Gasteiger partial charge is 0.0875 e. The Morgan fingerprint density at radius 1 is 0.864 bits per heavy atom. The van der Waals surface area contributed by atoms with Gasteiger partial charge in [-0.25, -0.2) is 0 Å². The standard InChI is InChI=1S/C20H22I2/c1-3-11-20(12-4-2)17-8-6-5-7-15(17)16-10-9-14(19(21)22)13-18(16)20/h5-10,13,19H,3-4,11-12H2,1-2H3. The fourth-order valence-corrected chi connectivity index (χ4v) is 4.90. The van der Waals surface area contributed by atoms with E-state index in [1.807, 2.05) is 0 Å². The number of fused-ring (bicyclic) bond motifs is 3. The molecule has 2 aromatic carbocycles. The third-order valence-corrected chi connectivity index (χ3v) is 6.34. The van der Waals surface area contributed by atoms with E-state index in [1.54, 1.807) is 11.1 Å². The highest BCUT2D eigenvalue weighted by molar-refractivity contribution is 14.2. The molecule has 2 aromatic rings. The van der Waals surface area contributed by atoms with Crippen LogP contribution in [0.2, 0.25) is 0 Å². The second-order valence-corrected chi connectivity index (χ2v) is 11.1. The van der Waals surface area contributed by atoms with Crippen LogP contribution >= 0.6 is 45.2 Å². The molecule has 116 valence electrons. The van der Waals surface area contributed by atoms with Gasteiger partial charge in [0, 0.05) is 5.41 Å². The maximum Gasteiger partial charge on any atom is 0.0875 e. The molecular formula is C20H22I2. The summed E-state index contributed by atoms with van der Waals surface area (Å²) in [6, 6.07) is 16.2. The van der Waals surface area contributed by atoms with E-state index in [4.69, 9.17) is 0 Å². The van der Waals surface area contributed by atoms with E-state index in [1.165, 1.54) is 42.4 Å². The molecule has 1 aliphatic carbocycles. The second-order valence-electron chi connectivity index (χ2n) is 6.23. The van der Waals surface area contributed by atoms with Crippen LogP contribution in [0, 0.1) is 0 Å². The van der Waals surface area contributed by atoms with E-state index in [2.05, 4.69) is 101 Å². The molecule has 1 aliphatic rings. The van der Waals surface area contributed by atoms with Gasteiger partial charge in [-0.1, -0.05) is 114 Å². The predicted molar refractivity (Wildman–Crippen MR) is 113 cm³/mol. The first-order valence-corrected chi connectivity index (χ1v) is 10.7. The normalized spacial score (nSPS) is 15.0. The number of halogens is 2. The molecule has 0 bridgehead atoms. The summed E-state index contributed by atoms with van der Waals surface area (Å²) in [7, 11) is 0. The van der Waals surface area contributed by atoms with Crippen molar-refractivity contribution >= 4 is 45.2 Å². The van der Waals surface area contributed by atoms with Gasteiger partial charge in [-0.3, -0.25) is 0 Å². The van der Waals surface area contributed by atoms with Crippen LogP contribution < -0.4 is 0 Å². The van der Waals surface area contributed by atoms with Gasteiger partial charge in [0.2, 0.25) is 0 Å². The Morgan fingerprint density at radius 2 is 1.50 bits per heavy atom. The summed E-state index contributed by atoms with van der Waals surface area (Å²) in [6.45, 7) is 4.64. The molecule has 0 fully saturated rings. The van der Waals surface area contributed by atoms with Gasteiger partial charge in [0.05, 0.1) is 1.93 Å². The molecule has 0 aromatic heterocycles. The first kappa shape index (κ1) is 16.7. The van der Waals surface area contributed by atoms with Crippen molar-refractivity contribution in [2.75, 3.05) is 0 Å². The van der Waals surface area contributed by atoms with Crippen LogP contribution in [0.4, 0.5) is 0 Å². The minimum atomic E-state index is 0.230. The van der Waals surface area contributed by atoms with Gasteiger partial charge in [-0.2, -0.15) is 0 Å². The third-order valence-electron chi connectivity index (χ3n) is 4.90. The fourth-order valence-electron chi connectivity index (χ4n) is 4.13. The van der Waals surface area contributed by atoms with Crippen molar-refractivity contribution in [3.05, 3.63) is 59.2 Å². The smallest absolute Gasteiger partial charge is 0.0657 e. The molecule has 0 amide bonds. The molecule has 0 atom stereocenters. The molecule has 0 unspecified atom stereocenters. The lowest BCUT2D eigenvalue weighted by Gasteiger charge is -2.32. The molecule has 0 saturated heterocycles. The lowest BCUT2D eigenvalue weighted by Crippen LogP contribution is -2.25. The zero-order valence-corrected chi connectivity index (χ0v) is 17.5. The number of hydrogen-bond acceptors (Lipinski definition) is 0. The Kier molecular flexibility index (Phi) is 5.17. The second kappa shape index (κ2) is 6.80. The maximum atomic E-state index is 2.51. The highest BCUT2D eigenvalue weighted by atomic mass is 127. The topological polar surface area (TPSA) is 0 Å². The summed E-state index contributed by atoms with van der Waals surface area (Å²) in [5.41, 5.74) is 7.74. The van der Waals surface area contributed by atoms with Gasteiger partial charge in [-0.05, 0) is 40.7 Å². The Balaban J connectivity index is 2.27. The zero-order valence-electron chi connectivity index (χ0n) is 13.2. The average molecular weight is 516 g/mol. The van der Waals surface area contributed by atoms with E-state index in [0.717, 1.165) is 0 Å². The summed E-state index contributed by atoms with van der Waals surface area (Å²) in [6.07, 6.45) is 4.97. The lowest BCUT2D eigenvalue weighted by atomic mass is 9.71. The molecule has 2 heteroatoms. The monoisotopic (exact) mass is 516 g/mol. The average Bonchev–Trinajstić information content (AvgIpc) is 2.79. The van der Waals surface area contributed by atoms with Gasteiger partial charge < -0.3 is 0 Å². The fraction of sp³-hybridized carbons (Fsp3) is 0.400. The van der Waals surface area contributed by atoms with Gasteiger partial charge in [0.1, 0.15) is 0 Å². The van der Waals surface area contributed by atoms with Crippen molar-refractivity contribution in [2.45, 2.75) is 46.9 Å². The van der Waals surface area contributed by atoms with E-state index in [-0.39, 0.29) is 5.41 Å². The zero-order chi connectivity index (χ0) is 15.7. The molecule has 0 saturated carbocycles.